The molecule has 0 aromatic heterocycles. The number of aryl methyl sites for hydroxylation is 1. The first kappa shape index (κ1) is 15.0. The Balaban J connectivity index is 2.10. The second-order valence-corrected chi connectivity index (χ2v) is 4.68. The van der Waals surface area contributed by atoms with Crippen molar-refractivity contribution in [3.05, 3.63) is 64.7 Å². The van der Waals surface area contributed by atoms with Crippen LogP contribution in [0.25, 0.3) is 0 Å². The van der Waals surface area contributed by atoms with Crippen molar-refractivity contribution in [2.75, 3.05) is 12.4 Å². The minimum Gasteiger partial charge on any atom is -0.376 e. The van der Waals surface area contributed by atoms with Crippen LogP contribution in [-0.4, -0.2) is 13.0 Å². The Morgan fingerprint density at radius 1 is 1.10 bits per heavy atom. The van der Waals surface area contributed by atoms with Crippen molar-refractivity contribution in [1.29, 1.82) is 0 Å². The summed E-state index contributed by atoms with van der Waals surface area (Å²) in [4.78, 5) is 11.4. The molecular formula is C16H16F2N2O. The summed E-state index contributed by atoms with van der Waals surface area (Å²) in [6.45, 7) is 1.85. The van der Waals surface area contributed by atoms with Gasteiger partial charge in [0.1, 0.15) is 11.5 Å². The van der Waals surface area contributed by atoms with Gasteiger partial charge in [0.25, 0.3) is 5.91 Å². The maximum absolute atomic E-state index is 13.8. The van der Waals surface area contributed by atoms with Crippen LogP contribution in [0.1, 0.15) is 21.5 Å². The van der Waals surface area contributed by atoms with Crippen LogP contribution in [0.3, 0.4) is 0 Å². The van der Waals surface area contributed by atoms with Gasteiger partial charge in [0, 0.05) is 19.2 Å². The lowest BCUT2D eigenvalue weighted by Gasteiger charge is -2.10. The minimum absolute atomic E-state index is 0.134. The van der Waals surface area contributed by atoms with E-state index in [1.165, 1.54) is 12.1 Å². The van der Waals surface area contributed by atoms with Gasteiger partial charge in [0.15, 0.2) is 5.82 Å². The van der Waals surface area contributed by atoms with E-state index in [9.17, 15) is 13.6 Å². The zero-order valence-corrected chi connectivity index (χ0v) is 11.8. The Bertz CT molecular complexity index is 654. The number of benzene rings is 2. The fourth-order valence-electron chi connectivity index (χ4n) is 1.93. The molecule has 2 aromatic rings. The van der Waals surface area contributed by atoms with E-state index < -0.39 is 11.6 Å². The topological polar surface area (TPSA) is 41.1 Å². The number of amides is 1. The standard InChI is InChI=1S/C16H16F2N2O/c1-10-3-8-13(17)15(14(10)18)20-9-11-4-6-12(7-5-11)16(21)19-2/h3-8,20H,9H2,1-2H3,(H,19,21). The number of carbonyl (C=O) groups is 1. The van der Waals surface area contributed by atoms with Crippen LogP contribution >= 0.6 is 0 Å². The maximum atomic E-state index is 13.8. The third-order valence-electron chi connectivity index (χ3n) is 3.20. The second-order valence-electron chi connectivity index (χ2n) is 4.68. The Labute approximate surface area is 122 Å². The molecular weight excluding hydrogens is 274 g/mol. The quantitative estimate of drug-likeness (QED) is 0.907. The monoisotopic (exact) mass is 290 g/mol. The molecule has 0 aliphatic heterocycles. The molecule has 2 rings (SSSR count). The molecule has 0 aliphatic rings. The van der Waals surface area contributed by atoms with Crippen molar-refractivity contribution in [3.8, 4) is 0 Å². The highest BCUT2D eigenvalue weighted by atomic mass is 19.1. The van der Waals surface area contributed by atoms with Gasteiger partial charge in [-0.15, -0.1) is 0 Å². The number of nitrogens with one attached hydrogen (secondary N) is 2. The Morgan fingerprint density at radius 3 is 2.38 bits per heavy atom. The summed E-state index contributed by atoms with van der Waals surface area (Å²) in [5.74, 6) is -1.39. The van der Waals surface area contributed by atoms with E-state index in [0.29, 0.717) is 11.1 Å². The lowest BCUT2D eigenvalue weighted by atomic mass is 10.1. The Morgan fingerprint density at radius 2 is 1.76 bits per heavy atom. The van der Waals surface area contributed by atoms with E-state index in [4.69, 9.17) is 0 Å². The summed E-state index contributed by atoms with van der Waals surface area (Å²) in [5.41, 5.74) is 1.61. The molecule has 21 heavy (non-hydrogen) atoms. The lowest BCUT2D eigenvalue weighted by Crippen LogP contribution is -2.17. The number of anilines is 1. The van der Waals surface area contributed by atoms with Crippen molar-refractivity contribution in [2.45, 2.75) is 13.5 Å². The van der Waals surface area contributed by atoms with Gasteiger partial charge in [0.2, 0.25) is 0 Å². The van der Waals surface area contributed by atoms with Gasteiger partial charge >= 0.3 is 0 Å². The van der Waals surface area contributed by atoms with Crippen molar-refractivity contribution >= 4 is 11.6 Å². The average molecular weight is 290 g/mol. The van der Waals surface area contributed by atoms with Gasteiger partial charge < -0.3 is 10.6 Å². The first-order valence-corrected chi connectivity index (χ1v) is 6.52. The number of hydrogen-bond donors (Lipinski definition) is 2. The minimum atomic E-state index is -0.625. The van der Waals surface area contributed by atoms with Crippen LogP contribution in [-0.2, 0) is 6.54 Å². The molecule has 0 fully saturated rings. The van der Waals surface area contributed by atoms with Gasteiger partial charge in [-0.2, -0.15) is 0 Å². The fraction of sp³-hybridized carbons (Fsp3) is 0.188. The van der Waals surface area contributed by atoms with Crippen LogP contribution < -0.4 is 10.6 Å². The van der Waals surface area contributed by atoms with Crippen molar-refractivity contribution in [3.63, 3.8) is 0 Å². The Kier molecular flexibility index (Phi) is 4.52. The largest absolute Gasteiger partial charge is 0.376 e. The smallest absolute Gasteiger partial charge is 0.251 e. The van der Waals surface area contributed by atoms with Gasteiger partial charge in [-0.05, 0) is 36.2 Å². The molecule has 2 N–H and O–H groups in total. The molecule has 0 saturated heterocycles. The maximum Gasteiger partial charge on any atom is 0.251 e. The van der Waals surface area contributed by atoms with Crippen LogP contribution in [0.15, 0.2) is 36.4 Å². The molecule has 0 saturated carbocycles. The molecule has 0 radical (unpaired) electrons. The third-order valence-corrected chi connectivity index (χ3v) is 3.20. The summed E-state index contributed by atoms with van der Waals surface area (Å²) < 4.78 is 27.4. The van der Waals surface area contributed by atoms with E-state index in [-0.39, 0.29) is 18.1 Å². The van der Waals surface area contributed by atoms with E-state index in [0.717, 1.165) is 5.56 Å². The lowest BCUT2D eigenvalue weighted by molar-refractivity contribution is 0.0963. The molecule has 5 heteroatoms. The molecule has 0 bridgehead atoms. The number of rotatable bonds is 4. The molecule has 110 valence electrons. The van der Waals surface area contributed by atoms with Gasteiger partial charge in [0.05, 0.1) is 0 Å². The third kappa shape index (κ3) is 3.37. The summed E-state index contributed by atoms with van der Waals surface area (Å²) >= 11 is 0. The van der Waals surface area contributed by atoms with E-state index in [2.05, 4.69) is 10.6 Å². The first-order valence-electron chi connectivity index (χ1n) is 6.52. The fourth-order valence-corrected chi connectivity index (χ4v) is 1.93. The van der Waals surface area contributed by atoms with E-state index >= 15 is 0 Å². The van der Waals surface area contributed by atoms with Gasteiger partial charge in [-0.1, -0.05) is 18.2 Å². The van der Waals surface area contributed by atoms with Crippen molar-refractivity contribution < 1.29 is 13.6 Å². The number of carbonyl (C=O) groups excluding carboxylic acids is 1. The summed E-state index contributed by atoms with van der Waals surface area (Å²) in [7, 11) is 1.56. The second kappa shape index (κ2) is 6.35. The predicted molar refractivity (Wildman–Crippen MR) is 78.3 cm³/mol. The van der Waals surface area contributed by atoms with E-state index in [1.807, 2.05) is 0 Å². The summed E-state index contributed by atoms with van der Waals surface area (Å²) in [6, 6.07) is 9.44. The number of halogens is 2. The van der Waals surface area contributed by atoms with E-state index in [1.54, 1.807) is 38.2 Å². The van der Waals surface area contributed by atoms with Gasteiger partial charge in [-0.25, -0.2) is 8.78 Å². The highest BCUT2D eigenvalue weighted by Gasteiger charge is 2.11. The molecule has 0 aliphatic carbocycles. The van der Waals surface area contributed by atoms with Crippen LogP contribution in [0.5, 0.6) is 0 Å². The van der Waals surface area contributed by atoms with Gasteiger partial charge in [-0.3, -0.25) is 4.79 Å². The molecule has 2 aromatic carbocycles. The van der Waals surface area contributed by atoms with Crippen LogP contribution in [0, 0.1) is 18.6 Å². The van der Waals surface area contributed by atoms with Crippen molar-refractivity contribution in [1.82, 2.24) is 5.32 Å². The van der Waals surface area contributed by atoms with Crippen LogP contribution in [0.2, 0.25) is 0 Å². The molecule has 0 heterocycles. The zero-order chi connectivity index (χ0) is 15.4. The zero-order valence-electron chi connectivity index (χ0n) is 11.8. The number of hydrogen-bond acceptors (Lipinski definition) is 2. The SMILES string of the molecule is CNC(=O)c1ccc(CNc2c(F)ccc(C)c2F)cc1. The summed E-state index contributed by atoms with van der Waals surface area (Å²) in [5, 5.41) is 5.28. The molecule has 0 atom stereocenters. The first-order chi connectivity index (χ1) is 10.0. The predicted octanol–water partition coefficient (Wildman–Crippen LogP) is 3.24. The molecule has 1 amide bonds. The molecule has 3 nitrogen and oxygen atoms in total. The van der Waals surface area contributed by atoms with Crippen molar-refractivity contribution in [2.24, 2.45) is 0 Å². The highest BCUT2D eigenvalue weighted by Crippen LogP contribution is 2.22. The average Bonchev–Trinajstić information content (AvgIpc) is 2.51. The normalized spacial score (nSPS) is 10.3. The summed E-state index contributed by atoms with van der Waals surface area (Å²) in [6.07, 6.45) is 0. The highest BCUT2D eigenvalue weighted by molar-refractivity contribution is 5.93. The Hall–Kier alpha value is -2.43. The molecule has 0 unspecified atom stereocenters. The molecule has 0 spiro atoms. The van der Waals surface area contributed by atoms with Crippen LogP contribution in [0.4, 0.5) is 14.5 Å².